The number of carbonyl (C=O) groups excluding carboxylic acids is 2. The van der Waals surface area contributed by atoms with Gasteiger partial charge >= 0.3 is 0 Å². The third-order valence-electron chi connectivity index (χ3n) is 4.20. The van der Waals surface area contributed by atoms with Gasteiger partial charge in [0, 0.05) is 9.99 Å². The summed E-state index contributed by atoms with van der Waals surface area (Å²) in [6, 6.07) is 17.4. The van der Waals surface area contributed by atoms with Gasteiger partial charge in [0.1, 0.15) is 0 Å². The molecule has 3 nitrogen and oxygen atoms in total. The van der Waals surface area contributed by atoms with Crippen LogP contribution in [-0.4, -0.2) is 11.8 Å². The Morgan fingerprint density at radius 3 is 2.32 bits per heavy atom. The Hall–Kier alpha value is -1.69. The predicted octanol–water partition coefficient (Wildman–Crippen LogP) is 3.97. The molecule has 1 heterocycles. The van der Waals surface area contributed by atoms with Crippen molar-refractivity contribution in [2.75, 3.05) is 4.90 Å². The molecule has 3 rings (SSSR count). The van der Waals surface area contributed by atoms with Gasteiger partial charge in [0.15, 0.2) is 0 Å². The van der Waals surface area contributed by atoms with Crippen molar-refractivity contribution in [1.29, 1.82) is 0 Å². The number of benzene rings is 2. The zero-order chi connectivity index (χ0) is 15.7. The topological polar surface area (TPSA) is 37.4 Å². The lowest BCUT2D eigenvalue weighted by molar-refractivity contribution is -0.122. The highest BCUT2D eigenvalue weighted by molar-refractivity contribution is 14.1. The van der Waals surface area contributed by atoms with Gasteiger partial charge in [-0.15, -0.1) is 0 Å². The van der Waals surface area contributed by atoms with E-state index in [2.05, 4.69) is 22.6 Å². The molecule has 2 aromatic rings. The van der Waals surface area contributed by atoms with E-state index >= 15 is 0 Å². The SMILES string of the molecule is C[C@H](c1ccccc1)[C@@H]1CC(=O)N(c2ccc(I)cc2)C1=O. The standard InChI is InChI=1S/C18H16INO2/c1-12(13-5-3-2-4-6-13)16-11-17(21)20(18(16)22)15-9-7-14(19)8-10-15/h2-10,12,16H,11H2,1H3/t12-,16+/m1/s1. The maximum absolute atomic E-state index is 12.7. The van der Waals surface area contributed by atoms with Gasteiger partial charge in [-0.1, -0.05) is 37.3 Å². The number of halogens is 1. The number of carbonyl (C=O) groups is 2. The normalized spacial score (nSPS) is 19.5. The van der Waals surface area contributed by atoms with Gasteiger partial charge in [0.25, 0.3) is 0 Å². The average molecular weight is 405 g/mol. The fourth-order valence-corrected chi connectivity index (χ4v) is 3.26. The monoisotopic (exact) mass is 405 g/mol. The van der Waals surface area contributed by atoms with Crippen LogP contribution in [0.2, 0.25) is 0 Å². The number of imide groups is 1. The summed E-state index contributed by atoms with van der Waals surface area (Å²) in [5.41, 5.74) is 1.76. The molecule has 1 saturated heterocycles. The van der Waals surface area contributed by atoms with Crippen LogP contribution in [0.15, 0.2) is 54.6 Å². The number of amides is 2. The second-order valence-electron chi connectivity index (χ2n) is 5.55. The third kappa shape index (κ3) is 2.79. The van der Waals surface area contributed by atoms with Gasteiger partial charge in [0.05, 0.1) is 11.6 Å². The van der Waals surface area contributed by atoms with Crippen LogP contribution in [-0.2, 0) is 9.59 Å². The van der Waals surface area contributed by atoms with Crippen LogP contribution in [0.5, 0.6) is 0 Å². The smallest absolute Gasteiger partial charge is 0.237 e. The molecule has 0 aromatic heterocycles. The largest absolute Gasteiger partial charge is 0.274 e. The van der Waals surface area contributed by atoms with E-state index in [1.54, 1.807) is 0 Å². The summed E-state index contributed by atoms with van der Waals surface area (Å²) in [5, 5.41) is 0. The van der Waals surface area contributed by atoms with E-state index in [0.29, 0.717) is 5.69 Å². The predicted molar refractivity (Wildman–Crippen MR) is 94.6 cm³/mol. The molecule has 0 bridgehead atoms. The molecule has 22 heavy (non-hydrogen) atoms. The molecule has 0 N–H and O–H groups in total. The molecule has 4 heteroatoms. The lowest BCUT2D eigenvalue weighted by Crippen LogP contribution is -2.31. The van der Waals surface area contributed by atoms with Crippen LogP contribution in [0, 0.1) is 9.49 Å². The summed E-state index contributed by atoms with van der Waals surface area (Å²) in [5.74, 6) is -0.456. The minimum absolute atomic E-state index is 0.0338. The lowest BCUT2D eigenvalue weighted by atomic mass is 9.86. The highest BCUT2D eigenvalue weighted by Crippen LogP contribution is 2.35. The van der Waals surface area contributed by atoms with Crippen molar-refractivity contribution in [3.63, 3.8) is 0 Å². The highest BCUT2D eigenvalue weighted by atomic mass is 127. The summed E-state index contributed by atoms with van der Waals surface area (Å²) in [6.07, 6.45) is 0.279. The van der Waals surface area contributed by atoms with Crippen LogP contribution >= 0.6 is 22.6 Å². The zero-order valence-corrected chi connectivity index (χ0v) is 14.4. The van der Waals surface area contributed by atoms with E-state index in [1.807, 2.05) is 61.5 Å². The first-order chi connectivity index (χ1) is 10.6. The molecule has 0 saturated carbocycles. The Bertz CT molecular complexity index is 697. The van der Waals surface area contributed by atoms with Gasteiger partial charge < -0.3 is 0 Å². The van der Waals surface area contributed by atoms with Crippen LogP contribution in [0.1, 0.15) is 24.8 Å². The molecule has 1 fully saturated rings. The van der Waals surface area contributed by atoms with E-state index in [-0.39, 0.29) is 30.1 Å². The molecule has 2 atom stereocenters. The minimum Gasteiger partial charge on any atom is -0.274 e. The van der Waals surface area contributed by atoms with Crippen LogP contribution < -0.4 is 4.90 Å². The first-order valence-electron chi connectivity index (χ1n) is 7.25. The lowest BCUT2D eigenvalue weighted by Gasteiger charge is -2.19. The van der Waals surface area contributed by atoms with Crippen molar-refractivity contribution in [3.05, 3.63) is 63.7 Å². The van der Waals surface area contributed by atoms with Gasteiger partial charge in [-0.2, -0.15) is 0 Å². The van der Waals surface area contributed by atoms with Crippen molar-refractivity contribution < 1.29 is 9.59 Å². The van der Waals surface area contributed by atoms with Crippen molar-refractivity contribution in [3.8, 4) is 0 Å². The molecule has 1 aliphatic heterocycles. The van der Waals surface area contributed by atoms with Crippen LogP contribution in [0.25, 0.3) is 0 Å². The third-order valence-corrected chi connectivity index (χ3v) is 4.91. The van der Waals surface area contributed by atoms with Crippen LogP contribution in [0.3, 0.4) is 0 Å². The average Bonchev–Trinajstić information content (AvgIpc) is 2.83. The Morgan fingerprint density at radius 1 is 1.05 bits per heavy atom. The summed E-state index contributed by atoms with van der Waals surface area (Å²) < 4.78 is 1.08. The maximum atomic E-state index is 12.7. The first kappa shape index (κ1) is 15.2. The summed E-state index contributed by atoms with van der Waals surface area (Å²) >= 11 is 2.20. The van der Waals surface area contributed by atoms with Crippen molar-refractivity contribution >= 4 is 40.1 Å². The quantitative estimate of drug-likeness (QED) is 0.573. The van der Waals surface area contributed by atoms with Gasteiger partial charge in [-0.3, -0.25) is 14.5 Å². The summed E-state index contributed by atoms with van der Waals surface area (Å²) in [4.78, 5) is 26.4. The Labute approximate surface area is 143 Å². The fourth-order valence-electron chi connectivity index (χ4n) is 2.90. The van der Waals surface area contributed by atoms with Gasteiger partial charge in [0.2, 0.25) is 11.8 Å². The second-order valence-corrected chi connectivity index (χ2v) is 6.80. The molecule has 2 amide bonds. The molecule has 1 aliphatic rings. The molecule has 0 radical (unpaired) electrons. The van der Waals surface area contributed by atoms with E-state index in [0.717, 1.165) is 9.13 Å². The van der Waals surface area contributed by atoms with Crippen molar-refractivity contribution in [2.24, 2.45) is 5.92 Å². The highest BCUT2D eigenvalue weighted by Gasteiger charge is 2.42. The first-order valence-corrected chi connectivity index (χ1v) is 8.33. The molecule has 2 aromatic carbocycles. The second kappa shape index (κ2) is 6.20. The number of hydrogen-bond acceptors (Lipinski definition) is 2. The van der Waals surface area contributed by atoms with E-state index in [1.165, 1.54) is 4.90 Å². The number of anilines is 1. The van der Waals surface area contributed by atoms with E-state index in [4.69, 9.17) is 0 Å². The minimum atomic E-state index is -0.283. The van der Waals surface area contributed by atoms with Crippen LogP contribution in [0.4, 0.5) is 5.69 Å². The number of nitrogens with zero attached hydrogens (tertiary/aromatic N) is 1. The van der Waals surface area contributed by atoms with E-state index in [9.17, 15) is 9.59 Å². The maximum Gasteiger partial charge on any atom is 0.237 e. The van der Waals surface area contributed by atoms with E-state index < -0.39 is 0 Å². The number of hydrogen-bond donors (Lipinski definition) is 0. The van der Waals surface area contributed by atoms with Crippen molar-refractivity contribution in [2.45, 2.75) is 19.3 Å². The van der Waals surface area contributed by atoms with Gasteiger partial charge in [-0.25, -0.2) is 0 Å². The summed E-state index contributed by atoms with van der Waals surface area (Å²) in [7, 11) is 0. The molecular formula is C18H16INO2. The summed E-state index contributed by atoms with van der Waals surface area (Å²) in [6.45, 7) is 2.02. The number of rotatable bonds is 3. The fraction of sp³-hybridized carbons (Fsp3) is 0.222. The molecule has 0 unspecified atom stereocenters. The molecular weight excluding hydrogens is 389 g/mol. The van der Waals surface area contributed by atoms with Crippen molar-refractivity contribution in [1.82, 2.24) is 0 Å². The molecule has 0 aliphatic carbocycles. The Balaban J connectivity index is 1.87. The Morgan fingerprint density at radius 2 is 1.68 bits per heavy atom. The Kier molecular flexibility index (Phi) is 4.29. The van der Waals surface area contributed by atoms with Gasteiger partial charge in [-0.05, 0) is 58.3 Å². The molecule has 0 spiro atoms. The molecule has 112 valence electrons. The zero-order valence-electron chi connectivity index (χ0n) is 12.2.